The highest BCUT2D eigenvalue weighted by Gasteiger charge is 2.25. The molecule has 116 valence electrons. The van der Waals surface area contributed by atoms with Gasteiger partial charge in [-0.05, 0) is 36.6 Å². The molecule has 0 atom stereocenters. The number of rotatable bonds is 8. The summed E-state index contributed by atoms with van der Waals surface area (Å²) in [4.78, 5) is 11.8. The molecule has 1 aromatic rings. The number of aliphatic hydroxyl groups excluding tert-OH is 1. The zero-order valence-electron chi connectivity index (χ0n) is 13.1. The average Bonchev–Trinajstić information content (AvgIpc) is 2.55. The lowest BCUT2D eigenvalue weighted by Gasteiger charge is -2.29. The second-order valence-corrected chi connectivity index (χ2v) is 5.19. The van der Waals surface area contributed by atoms with Gasteiger partial charge in [0, 0.05) is 18.0 Å². The molecule has 0 heterocycles. The van der Waals surface area contributed by atoms with Crippen LogP contribution in [0.3, 0.4) is 0 Å². The molecule has 0 aliphatic heterocycles. The maximum atomic E-state index is 11.8. The Balaban J connectivity index is 2.54. The molecule has 4 nitrogen and oxygen atoms in total. The van der Waals surface area contributed by atoms with Crippen molar-refractivity contribution in [3.05, 3.63) is 35.9 Å². The fraction of sp³-hybridized carbons (Fsp3) is 0.471. The summed E-state index contributed by atoms with van der Waals surface area (Å²) in [5.41, 5.74) is 0.717. The third-order valence-corrected chi connectivity index (χ3v) is 4.02. The Kier molecular flexibility index (Phi) is 6.96. The van der Waals surface area contributed by atoms with E-state index in [4.69, 9.17) is 4.74 Å². The molecule has 0 bridgehead atoms. The third-order valence-electron chi connectivity index (χ3n) is 4.02. The Labute approximate surface area is 126 Å². The second-order valence-electron chi connectivity index (χ2n) is 5.19. The minimum atomic E-state index is -0.219. The third kappa shape index (κ3) is 5.23. The van der Waals surface area contributed by atoms with Gasteiger partial charge in [0.2, 0.25) is 5.91 Å². The number of ether oxygens (including phenoxy) is 1. The second kappa shape index (κ2) is 8.47. The van der Waals surface area contributed by atoms with Gasteiger partial charge in [0.15, 0.2) is 0 Å². The number of benzene rings is 1. The van der Waals surface area contributed by atoms with E-state index < -0.39 is 0 Å². The summed E-state index contributed by atoms with van der Waals surface area (Å²) in [6, 6.07) is 7.47. The fourth-order valence-electron chi connectivity index (χ4n) is 2.00. The maximum Gasteiger partial charge on any atom is 0.244 e. The molecule has 1 rings (SSSR count). The van der Waals surface area contributed by atoms with Crippen molar-refractivity contribution in [2.45, 2.75) is 26.7 Å². The van der Waals surface area contributed by atoms with Crippen LogP contribution in [0.4, 0.5) is 0 Å². The molecule has 0 saturated carbocycles. The zero-order valence-corrected chi connectivity index (χ0v) is 13.1. The highest BCUT2D eigenvalue weighted by molar-refractivity contribution is 5.91. The van der Waals surface area contributed by atoms with E-state index in [0.717, 1.165) is 24.2 Å². The van der Waals surface area contributed by atoms with Crippen molar-refractivity contribution < 1.29 is 14.6 Å². The SMILES string of the molecule is CCC(CC)(CO)CNC(=O)/C=C/c1ccc(OC)cc1. The lowest BCUT2D eigenvalue weighted by atomic mass is 9.83. The van der Waals surface area contributed by atoms with Crippen molar-refractivity contribution in [2.75, 3.05) is 20.3 Å². The van der Waals surface area contributed by atoms with Gasteiger partial charge >= 0.3 is 0 Å². The van der Waals surface area contributed by atoms with Crippen LogP contribution in [0.1, 0.15) is 32.3 Å². The summed E-state index contributed by atoms with van der Waals surface area (Å²) in [6.45, 7) is 4.63. The standard InChI is InChI=1S/C17H25NO3/c1-4-17(5-2,13-19)12-18-16(20)11-8-14-6-9-15(21-3)10-7-14/h6-11,19H,4-5,12-13H2,1-3H3,(H,18,20)/b11-8+. The molecule has 21 heavy (non-hydrogen) atoms. The van der Waals surface area contributed by atoms with Crippen molar-refractivity contribution in [3.63, 3.8) is 0 Å². The first-order chi connectivity index (χ1) is 10.1. The largest absolute Gasteiger partial charge is 0.497 e. The molecule has 2 N–H and O–H groups in total. The summed E-state index contributed by atoms with van der Waals surface area (Å²) in [6.07, 6.45) is 4.94. The highest BCUT2D eigenvalue weighted by atomic mass is 16.5. The van der Waals surface area contributed by atoms with Gasteiger partial charge in [-0.3, -0.25) is 4.79 Å². The number of amides is 1. The molecule has 0 aliphatic rings. The normalized spacial score (nSPS) is 11.6. The van der Waals surface area contributed by atoms with Crippen LogP contribution >= 0.6 is 0 Å². The Morgan fingerprint density at radius 3 is 2.38 bits per heavy atom. The first kappa shape index (κ1) is 17.2. The van der Waals surface area contributed by atoms with Crippen LogP contribution in [0.2, 0.25) is 0 Å². The minimum absolute atomic E-state index is 0.0858. The van der Waals surface area contributed by atoms with Crippen LogP contribution in [0.25, 0.3) is 6.08 Å². The van der Waals surface area contributed by atoms with E-state index in [9.17, 15) is 9.90 Å². The van der Waals surface area contributed by atoms with Gasteiger partial charge in [-0.25, -0.2) is 0 Å². The number of nitrogens with one attached hydrogen (secondary N) is 1. The molecule has 0 aromatic heterocycles. The topological polar surface area (TPSA) is 58.6 Å². The van der Waals surface area contributed by atoms with E-state index in [1.165, 1.54) is 6.08 Å². The van der Waals surface area contributed by atoms with Crippen molar-refractivity contribution in [2.24, 2.45) is 5.41 Å². The Bertz CT molecular complexity index is 453. The van der Waals surface area contributed by atoms with Crippen molar-refractivity contribution in [1.82, 2.24) is 5.32 Å². The van der Waals surface area contributed by atoms with Gasteiger partial charge < -0.3 is 15.2 Å². The lowest BCUT2D eigenvalue weighted by Crippen LogP contribution is -2.38. The molecule has 0 saturated heterocycles. The van der Waals surface area contributed by atoms with E-state index in [-0.39, 0.29) is 17.9 Å². The van der Waals surface area contributed by atoms with Crippen LogP contribution in [0.5, 0.6) is 5.75 Å². The van der Waals surface area contributed by atoms with Gasteiger partial charge in [-0.15, -0.1) is 0 Å². The molecule has 0 spiro atoms. The van der Waals surface area contributed by atoms with Gasteiger partial charge in [-0.2, -0.15) is 0 Å². The fourth-order valence-corrected chi connectivity index (χ4v) is 2.00. The quantitative estimate of drug-likeness (QED) is 0.724. The number of hydrogen-bond acceptors (Lipinski definition) is 3. The van der Waals surface area contributed by atoms with Crippen LogP contribution < -0.4 is 10.1 Å². The van der Waals surface area contributed by atoms with Crippen molar-refractivity contribution in [3.8, 4) is 5.75 Å². The first-order valence-corrected chi connectivity index (χ1v) is 7.30. The summed E-state index contributed by atoms with van der Waals surface area (Å²) >= 11 is 0. The monoisotopic (exact) mass is 291 g/mol. The number of aliphatic hydroxyl groups is 1. The maximum absolute atomic E-state index is 11.8. The highest BCUT2D eigenvalue weighted by Crippen LogP contribution is 2.24. The molecule has 0 unspecified atom stereocenters. The van der Waals surface area contributed by atoms with E-state index in [2.05, 4.69) is 5.32 Å². The zero-order chi connectivity index (χ0) is 15.7. The Morgan fingerprint density at radius 1 is 1.29 bits per heavy atom. The molecular formula is C17H25NO3. The molecular weight excluding hydrogens is 266 g/mol. The predicted molar refractivity (Wildman–Crippen MR) is 85.1 cm³/mol. The van der Waals surface area contributed by atoms with E-state index >= 15 is 0 Å². The lowest BCUT2D eigenvalue weighted by molar-refractivity contribution is -0.117. The van der Waals surface area contributed by atoms with Crippen LogP contribution in [-0.4, -0.2) is 31.3 Å². The van der Waals surface area contributed by atoms with Crippen LogP contribution in [0, 0.1) is 5.41 Å². The summed E-state index contributed by atoms with van der Waals surface area (Å²) in [5, 5.41) is 12.3. The average molecular weight is 291 g/mol. The molecule has 0 fully saturated rings. The van der Waals surface area contributed by atoms with Crippen molar-refractivity contribution in [1.29, 1.82) is 0 Å². The number of hydrogen-bond donors (Lipinski definition) is 2. The number of carbonyl (C=O) groups excluding carboxylic acids is 1. The van der Waals surface area contributed by atoms with E-state index in [1.54, 1.807) is 13.2 Å². The van der Waals surface area contributed by atoms with Gasteiger partial charge in [0.25, 0.3) is 0 Å². The summed E-state index contributed by atoms with van der Waals surface area (Å²) < 4.78 is 5.08. The molecule has 1 aromatic carbocycles. The van der Waals surface area contributed by atoms with Crippen LogP contribution in [-0.2, 0) is 4.79 Å². The van der Waals surface area contributed by atoms with Gasteiger partial charge in [0.05, 0.1) is 13.7 Å². The minimum Gasteiger partial charge on any atom is -0.497 e. The number of carbonyl (C=O) groups is 1. The first-order valence-electron chi connectivity index (χ1n) is 7.30. The predicted octanol–water partition coefficient (Wildman–Crippen LogP) is 2.62. The summed E-state index contributed by atoms with van der Waals surface area (Å²) in [7, 11) is 1.62. The van der Waals surface area contributed by atoms with Crippen molar-refractivity contribution >= 4 is 12.0 Å². The van der Waals surface area contributed by atoms with E-state index in [1.807, 2.05) is 38.1 Å². The molecule has 1 amide bonds. The summed E-state index contributed by atoms with van der Waals surface area (Å²) in [5.74, 6) is 0.640. The molecule has 0 aliphatic carbocycles. The Morgan fingerprint density at radius 2 is 1.90 bits per heavy atom. The van der Waals surface area contributed by atoms with Gasteiger partial charge in [-0.1, -0.05) is 26.0 Å². The number of methoxy groups -OCH3 is 1. The van der Waals surface area contributed by atoms with Gasteiger partial charge in [0.1, 0.15) is 5.75 Å². The molecule has 4 heteroatoms. The smallest absolute Gasteiger partial charge is 0.244 e. The molecule has 0 radical (unpaired) electrons. The van der Waals surface area contributed by atoms with E-state index in [0.29, 0.717) is 6.54 Å². The Hall–Kier alpha value is -1.81. The van der Waals surface area contributed by atoms with Crippen LogP contribution in [0.15, 0.2) is 30.3 Å².